The van der Waals surface area contributed by atoms with Gasteiger partial charge in [-0.05, 0) is 23.8 Å². The Labute approximate surface area is 111 Å². The van der Waals surface area contributed by atoms with Crippen LogP contribution in [0.5, 0.6) is 0 Å². The lowest BCUT2D eigenvalue weighted by Gasteiger charge is -1.98. The topological polar surface area (TPSA) is 69.4 Å². The zero-order valence-corrected chi connectivity index (χ0v) is 10.2. The van der Waals surface area contributed by atoms with Crippen LogP contribution in [0, 0.1) is 10.1 Å². The zero-order valence-electron chi connectivity index (χ0n) is 8.72. The van der Waals surface area contributed by atoms with Gasteiger partial charge in [0.1, 0.15) is 10.1 Å². The summed E-state index contributed by atoms with van der Waals surface area (Å²) in [5.41, 5.74) is 0.577. The zero-order chi connectivity index (χ0) is 13.3. The maximum atomic E-state index is 11.1. The van der Waals surface area contributed by atoms with Crippen LogP contribution in [0.4, 0.5) is 5.69 Å². The van der Waals surface area contributed by atoms with Crippen molar-refractivity contribution in [3.63, 3.8) is 0 Å². The Balaban J connectivity index is 2.30. The second kappa shape index (κ2) is 4.80. The maximum absolute atomic E-state index is 11.1. The standard InChI is InChI=1S/C11H5Cl2NO4/c12-9-8(18-11(15)10(9)13)5-6-1-3-7(4-2-6)14(16)17/h1-5H/b8-5+. The van der Waals surface area contributed by atoms with Gasteiger partial charge in [-0.2, -0.15) is 0 Å². The molecule has 2 rings (SSSR count). The number of nitro groups is 1. The van der Waals surface area contributed by atoms with Crippen molar-refractivity contribution in [1.29, 1.82) is 0 Å². The molecule has 18 heavy (non-hydrogen) atoms. The lowest BCUT2D eigenvalue weighted by molar-refractivity contribution is -0.384. The quantitative estimate of drug-likeness (QED) is 0.475. The third kappa shape index (κ3) is 2.37. The van der Waals surface area contributed by atoms with E-state index < -0.39 is 10.9 Å². The normalized spacial score (nSPS) is 17.2. The Morgan fingerprint density at radius 2 is 1.78 bits per heavy atom. The highest BCUT2D eigenvalue weighted by Crippen LogP contribution is 2.32. The van der Waals surface area contributed by atoms with E-state index in [1.807, 2.05) is 0 Å². The Kier molecular flexibility index (Phi) is 3.36. The number of cyclic esters (lactones) is 1. The summed E-state index contributed by atoms with van der Waals surface area (Å²) in [5.74, 6) is -0.588. The summed E-state index contributed by atoms with van der Waals surface area (Å²) in [7, 11) is 0. The SMILES string of the molecule is O=C1O/C(=C/c2ccc([N+](=O)[O-])cc2)C(Cl)=C1Cl. The number of carbonyl (C=O) groups is 1. The Morgan fingerprint density at radius 3 is 2.22 bits per heavy atom. The van der Waals surface area contributed by atoms with Gasteiger partial charge in [-0.1, -0.05) is 23.2 Å². The molecule has 92 valence electrons. The molecule has 0 atom stereocenters. The fraction of sp³-hybridized carbons (Fsp3) is 0. The van der Waals surface area contributed by atoms with Crippen LogP contribution in [0.2, 0.25) is 0 Å². The molecule has 5 nitrogen and oxygen atoms in total. The number of esters is 1. The molecule has 1 aromatic carbocycles. The minimum Gasteiger partial charge on any atom is -0.421 e. The molecule has 0 aliphatic carbocycles. The molecule has 0 amide bonds. The third-order valence-electron chi connectivity index (χ3n) is 2.19. The van der Waals surface area contributed by atoms with Gasteiger partial charge in [-0.25, -0.2) is 4.79 Å². The van der Waals surface area contributed by atoms with E-state index in [4.69, 9.17) is 27.9 Å². The van der Waals surface area contributed by atoms with Crippen LogP contribution in [0.1, 0.15) is 5.56 Å². The van der Waals surface area contributed by atoms with Gasteiger partial charge in [0.15, 0.2) is 5.76 Å². The van der Waals surface area contributed by atoms with E-state index in [0.29, 0.717) is 5.56 Å². The number of nitrogens with zero attached hydrogens (tertiary/aromatic N) is 1. The largest absolute Gasteiger partial charge is 0.421 e. The summed E-state index contributed by atoms with van der Waals surface area (Å²) in [5, 5.41) is 10.3. The minimum absolute atomic E-state index is 0.0276. The van der Waals surface area contributed by atoms with Crippen LogP contribution in [-0.2, 0) is 9.53 Å². The van der Waals surface area contributed by atoms with Crippen molar-refractivity contribution < 1.29 is 14.5 Å². The van der Waals surface area contributed by atoms with Crippen LogP contribution in [-0.4, -0.2) is 10.9 Å². The first-order valence-corrected chi connectivity index (χ1v) is 5.48. The predicted molar refractivity (Wildman–Crippen MR) is 65.9 cm³/mol. The Bertz CT molecular complexity index is 590. The summed E-state index contributed by atoms with van der Waals surface area (Å²) >= 11 is 11.4. The number of ether oxygens (including phenoxy) is 1. The van der Waals surface area contributed by atoms with E-state index in [-0.39, 0.29) is 21.5 Å². The molecule has 0 fully saturated rings. The van der Waals surface area contributed by atoms with Crippen LogP contribution >= 0.6 is 23.2 Å². The first-order chi connectivity index (χ1) is 8.49. The molecule has 0 saturated heterocycles. The summed E-state index contributed by atoms with van der Waals surface area (Å²) in [4.78, 5) is 21.1. The van der Waals surface area contributed by atoms with E-state index >= 15 is 0 Å². The molecule has 1 heterocycles. The van der Waals surface area contributed by atoms with E-state index in [9.17, 15) is 14.9 Å². The van der Waals surface area contributed by atoms with Gasteiger partial charge in [0.05, 0.1) is 4.92 Å². The number of hydrogen-bond donors (Lipinski definition) is 0. The predicted octanol–water partition coefficient (Wildman–Crippen LogP) is 3.18. The lowest BCUT2D eigenvalue weighted by atomic mass is 10.2. The molecule has 1 aromatic rings. The number of nitro benzene ring substituents is 1. The number of hydrogen-bond acceptors (Lipinski definition) is 4. The van der Waals surface area contributed by atoms with Gasteiger partial charge >= 0.3 is 5.97 Å². The third-order valence-corrected chi connectivity index (χ3v) is 3.01. The van der Waals surface area contributed by atoms with E-state index in [2.05, 4.69) is 0 Å². The van der Waals surface area contributed by atoms with Crippen molar-refractivity contribution >= 4 is 40.9 Å². The average molecular weight is 286 g/mol. The summed E-state index contributed by atoms with van der Waals surface area (Å²) < 4.78 is 4.82. The van der Waals surface area contributed by atoms with Crippen LogP contribution in [0.15, 0.2) is 40.1 Å². The number of non-ortho nitro benzene ring substituents is 1. The van der Waals surface area contributed by atoms with Crippen LogP contribution < -0.4 is 0 Å². The molecule has 0 radical (unpaired) electrons. The number of halogens is 2. The molecule has 0 spiro atoms. The molecule has 0 unspecified atom stereocenters. The van der Waals surface area contributed by atoms with Gasteiger partial charge in [0.25, 0.3) is 5.69 Å². The summed E-state index contributed by atoms with van der Waals surface area (Å²) in [6.07, 6.45) is 1.47. The summed E-state index contributed by atoms with van der Waals surface area (Å²) in [6.45, 7) is 0. The van der Waals surface area contributed by atoms with Crippen molar-refractivity contribution in [1.82, 2.24) is 0 Å². The molecule has 0 bridgehead atoms. The van der Waals surface area contributed by atoms with Gasteiger partial charge in [-0.15, -0.1) is 0 Å². The van der Waals surface area contributed by atoms with E-state index in [1.54, 1.807) is 0 Å². The molecule has 0 saturated carbocycles. The first-order valence-electron chi connectivity index (χ1n) is 4.73. The monoisotopic (exact) mass is 285 g/mol. The fourth-order valence-corrected chi connectivity index (χ4v) is 1.63. The van der Waals surface area contributed by atoms with Crippen LogP contribution in [0.25, 0.3) is 6.08 Å². The van der Waals surface area contributed by atoms with Gasteiger partial charge in [0, 0.05) is 12.1 Å². The van der Waals surface area contributed by atoms with E-state index in [0.717, 1.165) is 0 Å². The van der Waals surface area contributed by atoms with Gasteiger partial charge < -0.3 is 4.74 Å². The number of benzene rings is 1. The second-order valence-corrected chi connectivity index (χ2v) is 4.13. The van der Waals surface area contributed by atoms with Crippen molar-refractivity contribution in [2.24, 2.45) is 0 Å². The van der Waals surface area contributed by atoms with E-state index in [1.165, 1.54) is 30.3 Å². The van der Waals surface area contributed by atoms with Crippen molar-refractivity contribution in [2.75, 3.05) is 0 Å². The van der Waals surface area contributed by atoms with Crippen molar-refractivity contribution in [2.45, 2.75) is 0 Å². The molecule has 0 N–H and O–H groups in total. The first kappa shape index (κ1) is 12.6. The number of rotatable bonds is 2. The van der Waals surface area contributed by atoms with Gasteiger partial charge in [-0.3, -0.25) is 10.1 Å². The fourth-order valence-electron chi connectivity index (χ4n) is 1.32. The smallest absolute Gasteiger partial charge is 0.356 e. The minimum atomic E-state index is -0.713. The Morgan fingerprint density at radius 1 is 1.17 bits per heavy atom. The summed E-state index contributed by atoms with van der Waals surface area (Å²) in [6, 6.07) is 5.69. The molecule has 1 aliphatic heterocycles. The maximum Gasteiger partial charge on any atom is 0.356 e. The van der Waals surface area contributed by atoms with Crippen LogP contribution in [0.3, 0.4) is 0 Å². The van der Waals surface area contributed by atoms with Crippen molar-refractivity contribution in [3.8, 4) is 0 Å². The second-order valence-electron chi connectivity index (χ2n) is 3.37. The lowest BCUT2D eigenvalue weighted by Crippen LogP contribution is -1.93. The van der Waals surface area contributed by atoms with Gasteiger partial charge in [0.2, 0.25) is 0 Å². The highest BCUT2D eigenvalue weighted by molar-refractivity contribution is 6.50. The molecule has 1 aliphatic rings. The average Bonchev–Trinajstić information content (AvgIpc) is 2.58. The molecular weight excluding hydrogens is 281 g/mol. The highest BCUT2D eigenvalue weighted by atomic mass is 35.5. The van der Waals surface area contributed by atoms with Crippen molar-refractivity contribution in [3.05, 3.63) is 55.8 Å². The molecular formula is C11H5Cl2NO4. The molecule has 0 aromatic heterocycles. The molecule has 7 heteroatoms. The Hall–Kier alpha value is -1.85. The number of carbonyl (C=O) groups excluding carboxylic acids is 1. The number of allylic oxidation sites excluding steroid dienone is 1. The highest BCUT2D eigenvalue weighted by Gasteiger charge is 2.27.